The monoisotopic (exact) mass is 263 g/mol. The van der Waals surface area contributed by atoms with Gasteiger partial charge >= 0.3 is 0 Å². The second-order valence-electron chi connectivity index (χ2n) is 4.08. The van der Waals surface area contributed by atoms with Gasteiger partial charge in [0.25, 0.3) is 10.0 Å². The zero-order valence-corrected chi connectivity index (χ0v) is 10.6. The van der Waals surface area contributed by atoms with E-state index in [4.69, 9.17) is 11.6 Å². The van der Waals surface area contributed by atoms with Gasteiger partial charge in [0.2, 0.25) is 5.03 Å². The maximum absolute atomic E-state index is 11.8. The van der Waals surface area contributed by atoms with Crippen LogP contribution in [0, 0.1) is 5.92 Å². The molecule has 1 aliphatic carbocycles. The molecule has 7 heteroatoms. The molecule has 0 saturated heterocycles. The van der Waals surface area contributed by atoms with Crippen molar-refractivity contribution in [1.82, 2.24) is 14.3 Å². The van der Waals surface area contributed by atoms with E-state index in [-0.39, 0.29) is 10.2 Å². The molecule has 0 bridgehead atoms. The minimum atomic E-state index is -3.55. The maximum Gasteiger partial charge on any atom is 0.261 e. The third-order valence-electron chi connectivity index (χ3n) is 2.63. The van der Waals surface area contributed by atoms with Gasteiger partial charge in [-0.15, -0.1) is 0 Å². The number of hydrogen-bond donors (Lipinski definition) is 1. The van der Waals surface area contributed by atoms with E-state index < -0.39 is 10.0 Å². The van der Waals surface area contributed by atoms with Crippen LogP contribution in [0.4, 0.5) is 0 Å². The zero-order chi connectivity index (χ0) is 11.8. The second-order valence-corrected chi connectivity index (χ2v) is 6.12. The smallest absolute Gasteiger partial charge is 0.261 e. The van der Waals surface area contributed by atoms with E-state index in [9.17, 15) is 8.42 Å². The lowest BCUT2D eigenvalue weighted by atomic mass is 10.3. The van der Waals surface area contributed by atoms with Gasteiger partial charge in [-0.1, -0.05) is 24.4 Å². The summed E-state index contributed by atoms with van der Waals surface area (Å²) in [7, 11) is -1.90. The molecule has 0 spiro atoms. The number of nitrogens with one attached hydrogen (secondary N) is 1. The summed E-state index contributed by atoms with van der Waals surface area (Å²) >= 11 is 5.83. The highest BCUT2D eigenvalue weighted by Crippen LogP contribution is 2.31. The van der Waals surface area contributed by atoms with E-state index in [1.807, 2.05) is 0 Å². The topological polar surface area (TPSA) is 64.0 Å². The lowest BCUT2D eigenvalue weighted by Gasteiger charge is -2.04. The SMILES string of the molecule is Cn1cnc(S(=O)(=O)NCCC2CC2)c1Cl. The Labute approximate surface area is 99.9 Å². The minimum absolute atomic E-state index is 0.0903. The van der Waals surface area contributed by atoms with Crippen molar-refractivity contribution in [2.75, 3.05) is 6.54 Å². The number of aryl methyl sites for hydroxylation is 1. The standard InChI is InChI=1S/C9H14ClN3O2S/c1-13-6-11-9(8(13)10)16(14,15)12-5-4-7-2-3-7/h6-7,12H,2-5H2,1H3. The normalized spacial score (nSPS) is 16.6. The molecule has 1 saturated carbocycles. The molecule has 0 unspecified atom stereocenters. The Balaban J connectivity index is 2.02. The molecule has 0 aliphatic heterocycles. The lowest BCUT2D eigenvalue weighted by Crippen LogP contribution is -2.25. The van der Waals surface area contributed by atoms with Gasteiger partial charge < -0.3 is 4.57 Å². The molecular weight excluding hydrogens is 250 g/mol. The molecule has 2 rings (SSSR count). The number of aromatic nitrogens is 2. The maximum atomic E-state index is 11.8. The van der Waals surface area contributed by atoms with Crippen molar-refractivity contribution < 1.29 is 8.42 Å². The summed E-state index contributed by atoms with van der Waals surface area (Å²) < 4.78 is 27.6. The van der Waals surface area contributed by atoms with Gasteiger partial charge in [0, 0.05) is 13.6 Å². The summed E-state index contributed by atoms with van der Waals surface area (Å²) in [4.78, 5) is 3.78. The van der Waals surface area contributed by atoms with Gasteiger partial charge in [-0.2, -0.15) is 0 Å². The summed E-state index contributed by atoms with van der Waals surface area (Å²) in [5.41, 5.74) is 0. The summed E-state index contributed by atoms with van der Waals surface area (Å²) in [6, 6.07) is 0. The number of rotatable bonds is 5. The molecule has 0 aromatic carbocycles. The van der Waals surface area contributed by atoms with Crippen LogP contribution in [0.1, 0.15) is 19.3 Å². The number of sulfonamides is 1. The van der Waals surface area contributed by atoms with Crippen molar-refractivity contribution in [3.63, 3.8) is 0 Å². The van der Waals surface area contributed by atoms with Gasteiger partial charge in [0.1, 0.15) is 5.15 Å². The third-order valence-corrected chi connectivity index (χ3v) is 4.58. The van der Waals surface area contributed by atoms with Crippen LogP contribution in [0.3, 0.4) is 0 Å². The molecular formula is C9H14ClN3O2S. The van der Waals surface area contributed by atoms with Crippen molar-refractivity contribution in [2.24, 2.45) is 13.0 Å². The first kappa shape index (κ1) is 11.9. The van der Waals surface area contributed by atoms with Crippen LogP contribution in [-0.4, -0.2) is 24.5 Å². The second kappa shape index (κ2) is 4.35. The van der Waals surface area contributed by atoms with Crippen LogP contribution < -0.4 is 4.72 Å². The van der Waals surface area contributed by atoms with E-state index in [1.54, 1.807) is 7.05 Å². The van der Waals surface area contributed by atoms with Gasteiger partial charge in [-0.3, -0.25) is 0 Å². The Hall–Kier alpha value is -0.590. The van der Waals surface area contributed by atoms with Crippen molar-refractivity contribution >= 4 is 21.6 Å². The van der Waals surface area contributed by atoms with E-state index in [1.165, 1.54) is 23.7 Å². The minimum Gasteiger partial charge on any atom is -0.324 e. The Morgan fingerprint density at radius 3 is 2.81 bits per heavy atom. The summed E-state index contributed by atoms with van der Waals surface area (Å²) in [6.45, 7) is 0.458. The molecule has 1 aliphatic rings. The molecule has 1 N–H and O–H groups in total. The van der Waals surface area contributed by atoms with Crippen molar-refractivity contribution in [3.05, 3.63) is 11.5 Å². The quantitative estimate of drug-likeness (QED) is 0.867. The Morgan fingerprint density at radius 2 is 2.31 bits per heavy atom. The van der Waals surface area contributed by atoms with Gasteiger partial charge in [0.15, 0.2) is 0 Å². The first-order valence-corrected chi connectivity index (χ1v) is 7.03. The van der Waals surface area contributed by atoms with E-state index in [0.29, 0.717) is 12.5 Å². The fraction of sp³-hybridized carbons (Fsp3) is 0.667. The predicted molar refractivity (Wildman–Crippen MR) is 60.7 cm³/mol. The molecule has 1 aromatic rings. The van der Waals surface area contributed by atoms with Gasteiger partial charge in [-0.05, 0) is 12.3 Å². The average molecular weight is 264 g/mol. The molecule has 0 amide bonds. The number of halogens is 1. The molecule has 5 nitrogen and oxygen atoms in total. The van der Waals surface area contributed by atoms with Crippen LogP contribution in [-0.2, 0) is 17.1 Å². The van der Waals surface area contributed by atoms with Crippen molar-refractivity contribution in [1.29, 1.82) is 0 Å². The molecule has 90 valence electrons. The highest BCUT2D eigenvalue weighted by molar-refractivity contribution is 7.89. The molecule has 1 fully saturated rings. The fourth-order valence-corrected chi connectivity index (χ4v) is 2.92. The summed E-state index contributed by atoms with van der Waals surface area (Å²) in [5.74, 6) is 0.696. The summed E-state index contributed by atoms with van der Waals surface area (Å²) in [5, 5.41) is 0.0476. The predicted octanol–water partition coefficient (Wildman–Crippen LogP) is 1.15. The lowest BCUT2D eigenvalue weighted by molar-refractivity contribution is 0.572. The fourth-order valence-electron chi connectivity index (χ4n) is 1.45. The van der Waals surface area contributed by atoms with E-state index in [2.05, 4.69) is 9.71 Å². The van der Waals surface area contributed by atoms with Crippen LogP contribution in [0.5, 0.6) is 0 Å². The Kier molecular flexibility index (Phi) is 3.23. The molecule has 16 heavy (non-hydrogen) atoms. The largest absolute Gasteiger partial charge is 0.324 e. The van der Waals surface area contributed by atoms with Crippen LogP contribution >= 0.6 is 11.6 Å². The highest BCUT2D eigenvalue weighted by atomic mass is 35.5. The first-order valence-electron chi connectivity index (χ1n) is 5.17. The number of imidazole rings is 1. The van der Waals surface area contributed by atoms with Crippen LogP contribution in [0.25, 0.3) is 0 Å². The molecule has 1 aromatic heterocycles. The average Bonchev–Trinajstić information content (AvgIpc) is 2.95. The van der Waals surface area contributed by atoms with Crippen molar-refractivity contribution in [2.45, 2.75) is 24.3 Å². The van der Waals surface area contributed by atoms with E-state index in [0.717, 1.165) is 6.42 Å². The molecule has 0 radical (unpaired) electrons. The third kappa shape index (κ3) is 2.56. The van der Waals surface area contributed by atoms with Crippen LogP contribution in [0.15, 0.2) is 11.4 Å². The number of hydrogen-bond acceptors (Lipinski definition) is 3. The first-order chi connectivity index (χ1) is 7.50. The zero-order valence-electron chi connectivity index (χ0n) is 8.98. The van der Waals surface area contributed by atoms with E-state index >= 15 is 0 Å². The van der Waals surface area contributed by atoms with Crippen LogP contribution in [0.2, 0.25) is 5.15 Å². The summed E-state index contributed by atoms with van der Waals surface area (Å²) in [6.07, 6.45) is 4.71. The van der Waals surface area contributed by atoms with Gasteiger partial charge in [0.05, 0.1) is 6.33 Å². The Morgan fingerprint density at radius 1 is 1.62 bits per heavy atom. The van der Waals surface area contributed by atoms with Gasteiger partial charge in [-0.25, -0.2) is 18.1 Å². The molecule has 0 atom stereocenters. The van der Waals surface area contributed by atoms with Crippen molar-refractivity contribution in [3.8, 4) is 0 Å². The number of nitrogens with zero attached hydrogens (tertiary/aromatic N) is 2. The molecule has 1 heterocycles. The highest BCUT2D eigenvalue weighted by Gasteiger charge is 2.24. The Bertz CT molecular complexity index is 479.